The summed E-state index contributed by atoms with van der Waals surface area (Å²) in [5.41, 5.74) is 0. The van der Waals surface area contributed by atoms with Gasteiger partial charge in [0, 0.05) is 0 Å². The highest BCUT2D eigenvalue weighted by atomic mass is 35.5. The molecule has 0 aliphatic heterocycles. The van der Waals surface area contributed by atoms with E-state index >= 15 is 0 Å². The third kappa shape index (κ3) is 2.51. The van der Waals surface area contributed by atoms with Gasteiger partial charge in [0.05, 0.1) is 34.8 Å². The molecule has 0 aliphatic carbocycles. The zero-order valence-electron chi connectivity index (χ0n) is 8.08. The van der Waals surface area contributed by atoms with Gasteiger partial charge in [0.1, 0.15) is 0 Å². The van der Waals surface area contributed by atoms with E-state index in [2.05, 4.69) is 19.9 Å². The van der Waals surface area contributed by atoms with Crippen LogP contribution >= 0.6 is 23.2 Å². The van der Waals surface area contributed by atoms with Gasteiger partial charge in [0.15, 0.2) is 0 Å². The van der Waals surface area contributed by atoms with Crippen LogP contribution in [0, 0.1) is 0 Å². The monoisotopic (exact) mass is 290 g/mol. The van der Waals surface area contributed by atoms with Crippen molar-refractivity contribution in [2.45, 2.75) is 10.3 Å². The van der Waals surface area contributed by atoms with E-state index in [-0.39, 0.29) is 10.0 Å². The molecule has 0 amide bonds. The summed E-state index contributed by atoms with van der Waals surface area (Å²) in [6.45, 7) is 0. The van der Waals surface area contributed by atoms with Crippen LogP contribution in [0.15, 0.2) is 35.1 Å². The maximum absolute atomic E-state index is 11.9. The zero-order chi connectivity index (χ0) is 12.5. The molecule has 0 aliphatic rings. The van der Waals surface area contributed by atoms with E-state index in [4.69, 9.17) is 23.2 Å². The molecule has 0 N–H and O–H groups in total. The Kier molecular flexibility index (Phi) is 3.23. The summed E-state index contributed by atoms with van der Waals surface area (Å²) in [6.07, 6.45) is 4.71. The van der Waals surface area contributed by atoms with Gasteiger partial charge < -0.3 is 0 Å². The molecular formula is C8H4Cl2N4O2S. The lowest BCUT2D eigenvalue weighted by molar-refractivity contribution is 0.577. The summed E-state index contributed by atoms with van der Waals surface area (Å²) in [6, 6.07) is 0. The van der Waals surface area contributed by atoms with Crippen molar-refractivity contribution >= 4 is 33.0 Å². The van der Waals surface area contributed by atoms with Gasteiger partial charge >= 0.3 is 0 Å². The molecule has 2 heterocycles. The van der Waals surface area contributed by atoms with Gasteiger partial charge in [-0.25, -0.2) is 28.4 Å². The van der Waals surface area contributed by atoms with Crippen molar-refractivity contribution in [3.05, 3.63) is 34.8 Å². The van der Waals surface area contributed by atoms with E-state index in [1.807, 2.05) is 0 Å². The van der Waals surface area contributed by atoms with Crippen molar-refractivity contribution in [1.82, 2.24) is 19.9 Å². The molecule has 17 heavy (non-hydrogen) atoms. The lowest BCUT2D eigenvalue weighted by Crippen LogP contribution is -2.10. The molecular weight excluding hydrogens is 287 g/mol. The molecule has 2 rings (SSSR count). The maximum Gasteiger partial charge on any atom is 0.277 e. The second kappa shape index (κ2) is 4.52. The Balaban J connectivity index is 2.50. The molecule has 0 saturated heterocycles. The minimum atomic E-state index is -3.93. The SMILES string of the molecule is O=S(=O)(c1ncc(Cl)cn1)c1ncc(Cl)cn1. The smallest absolute Gasteiger partial charge is 0.225 e. The molecule has 9 heteroatoms. The number of halogens is 2. The first-order valence-electron chi connectivity index (χ1n) is 4.20. The van der Waals surface area contributed by atoms with Crippen LogP contribution in [0.25, 0.3) is 0 Å². The van der Waals surface area contributed by atoms with Gasteiger partial charge in [0.2, 0.25) is 0 Å². The van der Waals surface area contributed by atoms with Crippen LogP contribution in [0.4, 0.5) is 0 Å². The molecule has 0 fully saturated rings. The van der Waals surface area contributed by atoms with Crippen LogP contribution in [0.1, 0.15) is 0 Å². The number of sulfone groups is 1. The van der Waals surface area contributed by atoms with Crippen LogP contribution < -0.4 is 0 Å². The highest BCUT2D eigenvalue weighted by Gasteiger charge is 2.23. The molecule has 0 aromatic carbocycles. The first-order valence-corrected chi connectivity index (χ1v) is 6.44. The van der Waals surface area contributed by atoms with Crippen molar-refractivity contribution < 1.29 is 8.42 Å². The number of aromatic nitrogens is 4. The molecule has 2 aromatic rings. The predicted molar refractivity (Wildman–Crippen MR) is 59.5 cm³/mol. The second-order valence-electron chi connectivity index (χ2n) is 2.87. The van der Waals surface area contributed by atoms with E-state index in [1.54, 1.807) is 0 Å². The van der Waals surface area contributed by atoms with Crippen molar-refractivity contribution in [3.8, 4) is 0 Å². The van der Waals surface area contributed by atoms with Gasteiger partial charge in [-0.15, -0.1) is 0 Å². The molecule has 0 radical (unpaired) electrons. The molecule has 0 unspecified atom stereocenters. The standard InChI is InChI=1S/C8H4Cl2N4O2S/c9-5-1-11-7(12-2-5)17(15,16)8-13-3-6(10)4-14-8/h1-4H. The molecule has 6 nitrogen and oxygen atoms in total. The van der Waals surface area contributed by atoms with Crippen LogP contribution in [0.5, 0.6) is 0 Å². The van der Waals surface area contributed by atoms with Crippen LogP contribution in [0.2, 0.25) is 10.0 Å². The molecule has 0 bridgehead atoms. The Morgan fingerprint density at radius 1 is 0.765 bits per heavy atom. The third-order valence-electron chi connectivity index (χ3n) is 1.67. The molecule has 0 saturated carbocycles. The van der Waals surface area contributed by atoms with Gasteiger partial charge in [-0.2, -0.15) is 0 Å². The van der Waals surface area contributed by atoms with E-state index in [9.17, 15) is 8.42 Å². The molecule has 88 valence electrons. The van der Waals surface area contributed by atoms with Crippen molar-refractivity contribution in [2.24, 2.45) is 0 Å². The minimum Gasteiger partial charge on any atom is -0.225 e. The molecule has 2 aromatic heterocycles. The van der Waals surface area contributed by atoms with Gasteiger partial charge in [-0.05, 0) is 0 Å². The highest BCUT2D eigenvalue weighted by Crippen LogP contribution is 2.15. The van der Waals surface area contributed by atoms with E-state index in [1.165, 1.54) is 24.8 Å². The Morgan fingerprint density at radius 2 is 1.06 bits per heavy atom. The summed E-state index contributed by atoms with van der Waals surface area (Å²) in [7, 11) is -3.93. The summed E-state index contributed by atoms with van der Waals surface area (Å²) in [4.78, 5) is 14.4. The second-order valence-corrected chi connectivity index (χ2v) is 5.48. The van der Waals surface area contributed by atoms with Crippen molar-refractivity contribution in [3.63, 3.8) is 0 Å². The maximum atomic E-state index is 11.9. The lowest BCUT2D eigenvalue weighted by Gasteiger charge is -2.00. The summed E-state index contributed by atoms with van der Waals surface area (Å²) in [5.74, 6) is 0. The fourth-order valence-corrected chi connectivity index (χ4v) is 2.08. The van der Waals surface area contributed by atoms with Crippen molar-refractivity contribution in [1.29, 1.82) is 0 Å². The summed E-state index contributed by atoms with van der Waals surface area (Å²) < 4.78 is 23.8. The van der Waals surface area contributed by atoms with E-state index in [0.29, 0.717) is 0 Å². The zero-order valence-corrected chi connectivity index (χ0v) is 10.4. The third-order valence-corrected chi connectivity index (χ3v) is 3.45. The largest absolute Gasteiger partial charge is 0.277 e. The average molecular weight is 291 g/mol. The number of hydrogen-bond acceptors (Lipinski definition) is 6. The van der Waals surface area contributed by atoms with Gasteiger partial charge in [0.25, 0.3) is 20.2 Å². The lowest BCUT2D eigenvalue weighted by atomic mass is 10.7. The summed E-state index contributed by atoms with van der Waals surface area (Å²) in [5, 5.41) is -0.351. The minimum absolute atomic E-state index is 0.237. The molecule has 0 atom stereocenters. The Morgan fingerprint density at radius 3 is 1.35 bits per heavy atom. The first-order chi connectivity index (χ1) is 8.00. The number of hydrogen-bond donors (Lipinski definition) is 0. The van der Waals surface area contributed by atoms with E-state index < -0.39 is 20.2 Å². The van der Waals surface area contributed by atoms with Crippen LogP contribution in [0.3, 0.4) is 0 Å². The quantitative estimate of drug-likeness (QED) is 0.777. The predicted octanol–water partition coefficient (Wildman–Crippen LogP) is 1.41. The first kappa shape index (κ1) is 12.2. The Bertz CT molecular complexity index is 576. The van der Waals surface area contributed by atoms with Crippen LogP contribution in [-0.4, -0.2) is 28.4 Å². The fourth-order valence-electron chi connectivity index (χ4n) is 0.960. The average Bonchev–Trinajstić information content (AvgIpc) is 2.30. The van der Waals surface area contributed by atoms with Crippen LogP contribution in [-0.2, 0) is 9.84 Å². The topological polar surface area (TPSA) is 85.7 Å². The highest BCUT2D eigenvalue weighted by molar-refractivity contribution is 7.91. The van der Waals surface area contributed by atoms with Gasteiger partial charge in [-0.3, -0.25) is 0 Å². The number of nitrogens with zero attached hydrogens (tertiary/aromatic N) is 4. The Labute approximate surface area is 107 Å². The molecule has 0 spiro atoms. The van der Waals surface area contributed by atoms with Crippen molar-refractivity contribution in [2.75, 3.05) is 0 Å². The Hall–Kier alpha value is -1.31. The fraction of sp³-hybridized carbons (Fsp3) is 0. The van der Waals surface area contributed by atoms with Gasteiger partial charge in [-0.1, -0.05) is 23.2 Å². The van der Waals surface area contributed by atoms with E-state index in [0.717, 1.165) is 0 Å². The summed E-state index contributed by atoms with van der Waals surface area (Å²) >= 11 is 11.1. The number of rotatable bonds is 2. The normalized spacial score (nSPS) is 11.4.